The van der Waals surface area contributed by atoms with E-state index in [9.17, 15) is 9.59 Å². The van der Waals surface area contributed by atoms with Crippen molar-refractivity contribution in [2.24, 2.45) is 4.99 Å². The highest BCUT2D eigenvalue weighted by Gasteiger charge is 2.26. The Hall–Kier alpha value is -4.09. The number of fused-ring (bicyclic) bond motifs is 1. The molecule has 0 unspecified atom stereocenters. The van der Waals surface area contributed by atoms with E-state index < -0.39 is 0 Å². The van der Waals surface area contributed by atoms with Crippen LogP contribution in [0.25, 0.3) is 16.6 Å². The average Bonchev–Trinajstić information content (AvgIpc) is 3.45. The zero-order chi connectivity index (χ0) is 29.2. The molecule has 2 fully saturated rings. The molecule has 1 aromatic carbocycles. The Morgan fingerprint density at radius 3 is 2.49 bits per heavy atom. The molecule has 0 bridgehead atoms. The predicted molar refractivity (Wildman–Crippen MR) is 163 cm³/mol. The lowest BCUT2D eigenvalue weighted by atomic mass is 10.2. The summed E-state index contributed by atoms with van der Waals surface area (Å²) in [5, 5.41) is 4.17. The van der Waals surface area contributed by atoms with E-state index in [0.29, 0.717) is 70.7 Å². The number of H-pyrrole nitrogens is 1. The Morgan fingerprint density at radius 1 is 1.02 bits per heavy atom. The van der Waals surface area contributed by atoms with Crippen molar-refractivity contribution in [3.8, 4) is 0 Å². The molecule has 2 N–H and O–H groups in total. The maximum atomic E-state index is 13.2. The number of carbonyl (C=O) groups is 2. The van der Waals surface area contributed by atoms with E-state index in [1.165, 1.54) is 0 Å². The van der Waals surface area contributed by atoms with Crippen molar-refractivity contribution in [2.75, 3.05) is 64.3 Å². The van der Waals surface area contributed by atoms with Crippen LogP contribution in [0.2, 0.25) is 0 Å². The summed E-state index contributed by atoms with van der Waals surface area (Å²) >= 11 is 0. The second-order valence-electron chi connectivity index (χ2n) is 9.50. The van der Waals surface area contributed by atoms with Gasteiger partial charge in [-0.2, -0.15) is 0 Å². The van der Waals surface area contributed by atoms with Crippen molar-refractivity contribution in [3.05, 3.63) is 54.0 Å². The van der Waals surface area contributed by atoms with Crippen LogP contribution in [-0.2, 0) is 9.53 Å². The van der Waals surface area contributed by atoms with Gasteiger partial charge in [-0.1, -0.05) is 19.9 Å². The Bertz CT molecular complexity index is 1390. The molecule has 0 saturated carbocycles. The van der Waals surface area contributed by atoms with Gasteiger partial charge < -0.3 is 24.8 Å². The van der Waals surface area contributed by atoms with E-state index in [1.807, 2.05) is 73.9 Å². The third-order valence-corrected chi connectivity index (χ3v) is 6.95. The van der Waals surface area contributed by atoms with Crippen LogP contribution in [0, 0.1) is 0 Å². The lowest BCUT2D eigenvalue weighted by molar-refractivity contribution is -0.136. The summed E-state index contributed by atoms with van der Waals surface area (Å²) in [7, 11) is 0. The molecule has 2 aromatic heterocycles. The molecular weight excluding hydrogens is 520 g/mol. The summed E-state index contributed by atoms with van der Waals surface area (Å²) in [6.07, 6.45) is 5.33. The number of nitrogens with zero attached hydrogens (tertiary/aromatic N) is 6. The van der Waals surface area contributed by atoms with Gasteiger partial charge in [0.1, 0.15) is 5.69 Å². The normalized spacial score (nSPS) is 16.5. The molecule has 2 saturated heterocycles. The first-order chi connectivity index (χ1) is 20.0. The molecular formula is C30H40N8O3. The number of allylic oxidation sites excluding steroid dienone is 1. The second kappa shape index (κ2) is 14.5. The van der Waals surface area contributed by atoms with Gasteiger partial charge in [-0.15, -0.1) is 0 Å². The smallest absolute Gasteiger partial charge is 0.270 e. The monoisotopic (exact) mass is 560 g/mol. The minimum Gasteiger partial charge on any atom is -0.378 e. The second-order valence-corrected chi connectivity index (χ2v) is 9.50. The summed E-state index contributed by atoms with van der Waals surface area (Å²) in [5.74, 6) is 0.563. The van der Waals surface area contributed by atoms with Crippen LogP contribution in [0.3, 0.4) is 0 Å². The number of carbonyl (C=O) groups excluding carboxylic acids is 2. The molecule has 11 heteroatoms. The first-order valence-electron chi connectivity index (χ1n) is 14.3. The molecule has 0 radical (unpaired) electrons. The van der Waals surface area contributed by atoms with Crippen LogP contribution in [0.5, 0.6) is 0 Å². The lowest BCUT2D eigenvalue weighted by Gasteiger charge is -2.35. The highest BCUT2D eigenvalue weighted by molar-refractivity contribution is 5.98. The number of hydrogen-bond acceptors (Lipinski definition) is 8. The molecule has 2 amide bonds. The topological polar surface area (TPSA) is 119 Å². The molecule has 2 aliphatic rings. The van der Waals surface area contributed by atoms with E-state index in [-0.39, 0.29) is 11.8 Å². The van der Waals surface area contributed by atoms with Gasteiger partial charge in [0.2, 0.25) is 11.9 Å². The molecule has 0 atom stereocenters. The fraction of sp³-hybridized carbons (Fsp3) is 0.433. The van der Waals surface area contributed by atoms with E-state index in [1.54, 1.807) is 12.4 Å². The third-order valence-electron chi connectivity index (χ3n) is 6.95. The lowest BCUT2D eigenvalue weighted by Crippen LogP contribution is -2.52. The highest BCUT2D eigenvalue weighted by Crippen LogP contribution is 2.24. The van der Waals surface area contributed by atoms with Gasteiger partial charge in [0.15, 0.2) is 0 Å². The number of hydrogen-bond donors (Lipinski definition) is 2. The number of benzene rings is 1. The van der Waals surface area contributed by atoms with E-state index >= 15 is 0 Å². The van der Waals surface area contributed by atoms with Crippen LogP contribution in [0.4, 0.5) is 11.6 Å². The summed E-state index contributed by atoms with van der Waals surface area (Å²) in [6.45, 7) is 13.2. The number of anilines is 2. The molecule has 5 rings (SSSR count). The number of aliphatic imine (C=N–C) groups is 1. The number of aromatic amines is 1. The van der Waals surface area contributed by atoms with Gasteiger partial charge in [0, 0.05) is 68.3 Å². The van der Waals surface area contributed by atoms with Gasteiger partial charge in [-0.05, 0) is 44.2 Å². The number of amides is 2. The van der Waals surface area contributed by atoms with Crippen LogP contribution >= 0.6 is 0 Å². The van der Waals surface area contributed by atoms with Crippen LogP contribution in [0.1, 0.15) is 43.9 Å². The van der Waals surface area contributed by atoms with E-state index in [0.717, 1.165) is 28.0 Å². The molecule has 3 aromatic rings. The Kier molecular flexibility index (Phi) is 10.6. The average molecular weight is 561 g/mol. The van der Waals surface area contributed by atoms with Gasteiger partial charge in [0.25, 0.3) is 5.91 Å². The zero-order valence-electron chi connectivity index (χ0n) is 24.4. The Balaban J connectivity index is 0.00000189. The molecule has 218 valence electrons. The van der Waals surface area contributed by atoms with Gasteiger partial charge in [-0.25, -0.2) is 9.97 Å². The molecule has 4 heterocycles. The maximum Gasteiger partial charge on any atom is 0.270 e. The van der Waals surface area contributed by atoms with Crippen molar-refractivity contribution in [2.45, 2.75) is 27.7 Å². The summed E-state index contributed by atoms with van der Waals surface area (Å²) in [6, 6.07) is 9.53. The van der Waals surface area contributed by atoms with E-state index in [4.69, 9.17) is 4.74 Å². The van der Waals surface area contributed by atoms with Gasteiger partial charge in [0.05, 0.1) is 31.1 Å². The number of aromatic nitrogens is 3. The quantitative estimate of drug-likeness (QED) is 0.422. The Labute approximate surface area is 241 Å². The largest absolute Gasteiger partial charge is 0.378 e. The molecule has 0 aliphatic carbocycles. The number of rotatable bonds is 7. The number of piperazine rings is 1. The van der Waals surface area contributed by atoms with Crippen LogP contribution in [-0.4, -0.2) is 107 Å². The minimum atomic E-state index is -0.0359. The minimum absolute atomic E-state index is 0.0359. The summed E-state index contributed by atoms with van der Waals surface area (Å²) in [5.41, 5.74) is 3.75. The van der Waals surface area contributed by atoms with Crippen LogP contribution < -0.4 is 5.32 Å². The number of morpholine rings is 1. The standard InChI is InChI=1S/C28H34N8O3.C2H6/c1-3-22(29-4-2)24-7-8-30-28(33-24)31-21-5-6-23-20(17-21)18-25(32-23)27(38)36-11-9-34(10-12-36)19-26(37)35-13-15-39-16-14-35;1-2/h3-8,17-18,32H,9-16,19H2,1-2H3,(H,30,31,33);1-2H3/b22-3-,29-4?;. The fourth-order valence-corrected chi connectivity index (χ4v) is 4.83. The molecule has 0 spiro atoms. The summed E-state index contributed by atoms with van der Waals surface area (Å²) in [4.78, 5) is 48.1. The van der Waals surface area contributed by atoms with Crippen molar-refractivity contribution >= 4 is 46.3 Å². The first kappa shape index (κ1) is 29.9. The maximum absolute atomic E-state index is 13.2. The van der Waals surface area contributed by atoms with Gasteiger partial charge >= 0.3 is 0 Å². The third kappa shape index (κ3) is 7.56. The predicted octanol–water partition coefficient (Wildman–Crippen LogP) is 3.80. The Morgan fingerprint density at radius 2 is 1.78 bits per heavy atom. The number of nitrogens with one attached hydrogen (secondary N) is 2. The summed E-state index contributed by atoms with van der Waals surface area (Å²) < 4.78 is 5.33. The number of ether oxygens (including phenoxy) is 1. The highest BCUT2D eigenvalue weighted by atomic mass is 16.5. The van der Waals surface area contributed by atoms with E-state index in [2.05, 4.69) is 30.2 Å². The van der Waals surface area contributed by atoms with Crippen LogP contribution in [0.15, 0.2) is 47.6 Å². The molecule has 41 heavy (non-hydrogen) atoms. The molecule has 2 aliphatic heterocycles. The first-order valence-corrected chi connectivity index (χ1v) is 14.3. The zero-order valence-corrected chi connectivity index (χ0v) is 24.4. The van der Waals surface area contributed by atoms with Crippen molar-refractivity contribution in [1.82, 2.24) is 29.7 Å². The SMILES string of the molecule is CC.CC=N/C(=C\C)c1ccnc(Nc2ccc3[nH]c(C(=O)N4CCN(CC(=O)N5CCOCC5)CC4)cc3c2)n1. The van der Waals surface area contributed by atoms with Crippen molar-refractivity contribution in [3.63, 3.8) is 0 Å². The van der Waals surface area contributed by atoms with Gasteiger partial charge in [-0.3, -0.25) is 19.5 Å². The van der Waals surface area contributed by atoms with Crippen molar-refractivity contribution < 1.29 is 14.3 Å². The van der Waals surface area contributed by atoms with Crippen molar-refractivity contribution in [1.29, 1.82) is 0 Å². The fourth-order valence-electron chi connectivity index (χ4n) is 4.83. The molecule has 11 nitrogen and oxygen atoms in total.